The first-order valence-electron chi connectivity index (χ1n) is 9.10. The number of amides is 1. The van der Waals surface area contributed by atoms with Gasteiger partial charge in [0.15, 0.2) is 5.03 Å². The van der Waals surface area contributed by atoms with Gasteiger partial charge < -0.3 is 10.5 Å². The van der Waals surface area contributed by atoms with Gasteiger partial charge in [0, 0.05) is 11.1 Å². The third-order valence-corrected chi connectivity index (χ3v) is 5.31. The Hall–Kier alpha value is -3.46. The molecule has 0 atom stereocenters. The molecule has 3 rings (SSSR count). The van der Waals surface area contributed by atoms with Crippen molar-refractivity contribution in [3.8, 4) is 11.6 Å². The lowest BCUT2D eigenvalue weighted by Gasteiger charge is -2.20. The first-order valence-corrected chi connectivity index (χ1v) is 10.6. The molecule has 0 spiro atoms. The van der Waals surface area contributed by atoms with E-state index in [1.807, 2.05) is 31.6 Å². The Kier molecular flexibility index (Phi) is 5.75. The molecule has 2 aromatic heterocycles. The molecule has 0 aliphatic rings. The highest BCUT2D eigenvalue weighted by Gasteiger charge is 2.25. The quantitative estimate of drug-likeness (QED) is 0.641. The fourth-order valence-electron chi connectivity index (χ4n) is 2.52. The maximum Gasteiger partial charge on any atom is 0.281 e. The Morgan fingerprint density at radius 3 is 2.30 bits per heavy atom. The number of anilines is 1. The first kappa shape index (κ1) is 21.3. The third kappa shape index (κ3) is 4.93. The number of pyridine rings is 2. The zero-order valence-corrected chi connectivity index (χ0v) is 17.6. The molecule has 9 heteroatoms. The molecule has 1 amide bonds. The van der Waals surface area contributed by atoms with Crippen LogP contribution in [0.5, 0.6) is 11.6 Å². The lowest BCUT2D eigenvalue weighted by Crippen LogP contribution is -2.32. The number of carbonyl (C=O) groups is 1. The Bertz CT molecular complexity index is 1170. The molecule has 0 aliphatic carbocycles. The second-order valence-electron chi connectivity index (χ2n) is 7.55. The van der Waals surface area contributed by atoms with Gasteiger partial charge in [0.25, 0.3) is 15.9 Å². The van der Waals surface area contributed by atoms with Crippen LogP contribution in [0, 0.1) is 0 Å². The van der Waals surface area contributed by atoms with E-state index in [9.17, 15) is 13.2 Å². The van der Waals surface area contributed by atoms with Crippen molar-refractivity contribution in [2.75, 3.05) is 5.73 Å². The van der Waals surface area contributed by atoms with Crippen LogP contribution in [0.25, 0.3) is 0 Å². The summed E-state index contributed by atoms with van der Waals surface area (Å²) in [6.45, 7) is 5.91. The number of sulfonamides is 1. The van der Waals surface area contributed by atoms with Crippen LogP contribution in [-0.4, -0.2) is 24.3 Å². The van der Waals surface area contributed by atoms with E-state index in [1.165, 1.54) is 24.3 Å². The van der Waals surface area contributed by atoms with Gasteiger partial charge in [0.2, 0.25) is 5.88 Å². The molecule has 0 bridgehead atoms. The summed E-state index contributed by atoms with van der Waals surface area (Å²) in [5.74, 6) is -0.403. The van der Waals surface area contributed by atoms with E-state index in [1.54, 1.807) is 30.3 Å². The smallest absolute Gasteiger partial charge is 0.281 e. The van der Waals surface area contributed by atoms with Crippen molar-refractivity contribution in [2.24, 2.45) is 0 Å². The maximum absolute atomic E-state index is 12.8. The molecule has 0 unspecified atom stereocenters. The normalized spacial score (nSPS) is 11.7. The summed E-state index contributed by atoms with van der Waals surface area (Å²) in [6, 6.07) is 16.1. The lowest BCUT2D eigenvalue weighted by molar-refractivity contribution is 0.0978. The molecule has 3 aromatic rings. The zero-order valence-electron chi connectivity index (χ0n) is 16.8. The molecule has 0 radical (unpaired) electrons. The van der Waals surface area contributed by atoms with Crippen molar-refractivity contribution in [3.05, 3.63) is 71.9 Å². The first-order chi connectivity index (χ1) is 14.1. The van der Waals surface area contributed by atoms with Crippen LogP contribution in [0.2, 0.25) is 0 Å². The molecule has 0 fully saturated rings. The monoisotopic (exact) mass is 426 g/mol. The number of rotatable bonds is 5. The van der Waals surface area contributed by atoms with Gasteiger partial charge in [-0.25, -0.2) is 14.7 Å². The Morgan fingerprint density at radius 1 is 0.967 bits per heavy atom. The minimum atomic E-state index is -4.23. The van der Waals surface area contributed by atoms with Gasteiger partial charge >= 0.3 is 0 Å². The number of para-hydroxylation sites is 1. The highest BCUT2D eigenvalue weighted by atomic mass is 32.2. The van der Waals surface area contributed by atoms with Gasteiger partial charge in [0.05, 0.1) is 0 Å². The molecule has 3 N–H and O–H groups in total. The average molecular weight is 426 g/mol. The maximum atomic E-state index is 12.8. The number of nitrogens with one attached hydrogen (secondary N) is 1. The van der Waals surface area contributed by atoms with Crippen molar-refractivity contribution >= 4 is 21.7 Å². The van der Waals surface area contributed by atoms with E-state index in [0.29, 0.717) is 11.4 Å². The lowest BCUT2D eigenvalue weighted by atomic mass is 9.91. The SMILES string of the molecule is CC(C)(C)c1ccc(C(=O)NS(=O)(=O)c2cccc(N)n2)c(Oc2ccccc2)n1. The molecule has 156 valence electrons. The van der Waals surface area contributed by atoms with Crippen molar-refractivity contribution in [3.63, 3.8) is 0 Å². The Labute approximate surface area is 175 Å². The standard InChI is InChI=1S/C21H22N4O4S/c1-21(2,3)16-13-12-15(20(23-16)29-14-8-5-4-6-9-14)19(26)25-30(27,28)18-11-7-10-17(22)24-18/h4-13H,1-3H3,(H2,22,24)(H,25,26). The minimum Gasteiger partial charge on any atom is -0.438 e. The van der Waals surface area contributed by atoms with Crippen LogP contribution in [0.4, 0.5) is 5.82 Å². The number of nitrogens with two attached hydrogens (primary N) is 1. The summed E-state index contributed by atoms with van der Waals surface area (Å²) < 4.78 is 32.9. The summed E-state index contributed by atoms with van der Waals surface area (Å²) in [5, 5.41) is -0.361. The summed E-state index contributed by atoms with van der Waals surface area (Å²) in [7, 11) is -4.23. The molecule has 0 saturated carbocycles. The summed E-state index contributed by atoms with van der Waals surface area (Å²) in [4.78, 5) is 21.0. The average Bonchev–Trinajstić information content (AvgIpc) is 2.67. The summed E-state index contributed by atoms with van der Waals surface area (Å²) in [5.41, 5.74) is 5.90. The van der Waals surface area contributed by atoms with Gasteiger partial charge in [-0.3, -0.25) is 4.79 Å². The fraction of sp³-hybridized carbons (Fsp3) is 0.190. The predicted octanol–water partition coefficient (Wildman–Crippen LogP) is 3.27. The number of benzene rings is 1. The van der Waals surface area contributed by atoms with Gasteiger partial charge in [-0.15, -0.1) is 0 Å². The highest BCUT2D eigenvalue weighted by molar-refractivity contribution is 7.90. The largest absolute Gasteiger partial charge is 0.438 e. The number of hydrogen-bond acceptors (Lipinski definition) is 7. The molecular weight excluding hydrogens is 404 g/mol. The van der Waals surface area contributed by atoms with E-state index in [4.69, 9.17) is 10.5 Å². The molecule has 0 saturated heterocycles. The highest BCUT2D eigenvalue weighted by Crippen LogP contribution is 2.28. The van der Waals surface area contributed by atoms with Crippen molar-refractivity contribution < 1.29 is 17.9 Å². The summed E-state index contributed by atoms with van der Waals surface area (Å²) in [6.07, 6.45) is 0. The van der Waals surface area contributed by atoms with Gasteiger partial charge in [0.1, 0.15) is 17.1 Å². The van der Waals surface area contributed by atoms with Crippen molar-refractivity contribution in [1.29, 1.82) is 0 Å². The van der Waals surface area contributed by atoms with E-state index in [-0.39, 0.29) is 27.7 Å². The van der Waals surface area contributed by atoms with Crippen LogP contribution >= 0.6 is 0 Å². The predicted molar refractivity (Wildman–Crippen MR) is 113 cm³/mol. The van der Waals surface area contributed by atoms with Crippen LogP contribution in [0.3, 0.4) is 0 Å². The molecule has 2 heterocycles. The van der Waals surface area contributed by atoms with E-state index in [2.05, 4.69) is 9.97 Å². The number of nitrogens with zero attached hydrogens (tertiary/aromatic N) is 2. The topological polar surface area (TPSA) is 124 Å². The number of carbonyl (C=O) groups excluding carboxylic acids is 1. The molecule has 30 heavy (non-hydrogen) atoms. The second kappa shape index (κ2) is 8.11. The van der Waals surface area contributed by atoms with E-state index < -0.39 is 15.9 Å². The van der Waals surface area contributed by atoms with Gasteiger partial charge in [-0.1, -0.05) is 45.0 Å². The molecule has 0 aliphatic heterocycles. The van der Waals surface area contributed by atoms with Crippen molar-refractivity contribution in [1.82, 2.24) is 14.7 Å². The number of nitrogen functional groups attached to an aromatic ring is 1. The Morgan fingerprint density at radius 2 is 1.67 bits per heavy atom. The zero-order chi connectivity index (χ0) is 21.9. The molecule has 1 aromatic carbocycles. The number of aromatic nitrogens is 2. The van der Waals surface area contributed by atoms with Crippen LogP contribution in [0.15, 0.2) is 65.7 Å². The molecular formula is C21H22N4O4S. The minimum absolute atomic E-state index is 0.00172. The van der Waals surface area contributed by atoms with Crippen molar-refractivity contribution in [2.45, 2.75) is 31.2 Å². The fourth-order valence-corrected chi connectivity index (χ4v) is 3.46. The third-order valence-electron chi connectivity index (χ3n) is 4.08. The van der Waals surface area contributed by atoms with E-state index in [0.717, 1.165) is 0 Å². The van der Waals surface area contributed by atoms with Crippen LogP contribution in [-0.2, 0) is 15.4 Å². The van der Waals surface area contributed by atoms with Gasteiger partial charge in [-0.2, -0.15) is 8.42 Å². The molecule has 8 nitrogen and oxygen atoms in total. The van der Waals surface area contributed by atoms with Gasteiger partial charge in [-0.05, 0) is 36.4 Å². The number of hydrogen-bond donors (Lipinski definition) is 2. The van der Waals surface area contributed by atoms with Crippen LogP contribution < -0.4 is 15.2 Å². The number of ether oxygens (including phenoxy) is 1. The summed E-state index contributed by atoms with van der Waals surface area (Å²) >= 11 is 0. The van der Waals surface area contributed by atoms with Crippen LogP contribution in [0.1, 0.15) is 36.8 Å². The van der Waals surface area contributed by atoms with E-state index >= 15 is 0 Å². The Balaban J connectivity index is 1.98. The second-order valence-corrected chi connectivity index (χ2v) is 9.18.